The molecule has 106 valence electrons. The molecule has 3 unspecified atom stereocenters. The molecule has 1 N–H and O–H groups in total. The van der Waals surface area contributed by atoms with Crippen molar-refractivity contribution in [3.63, 3.8) is 0 Å². The predicted molar refractivity (Wildman–Crippen MR) is 78.7 cm³/mol. The van der Waals surface area contributed by atoms with Crippen molar-refractivity contribution in [1.29, 1.82) is 0 Å². The summed E-state index contributed by atoms with van der Waals surface area (Å²) in [5.41, 5.74) is 0.741. The summed E-state index contributed by atoms with van der Waals surface area (Å²) >= 11 is 3.43. The Labute approximate surface area is 122 Å². The van der Waals surface area contributed by atoms with Gasteiger partial charge < -0.3 is 10.1 Å². The second kappa shape index (κ2) is 6.82. The van der Waals surface area contributed by atoms with Gasteiger partial charge >= 0.3 is 0 Å². The first-order chi connectivity index (χ1) is 9.11. The van der Waals surface area contributed by atoms with Crippen LogP contribution in [0.1, 0.15) is 38.3 Å². The van der Waals surface area contributed by atoms with Crippen molar-refractivity contribution in [2.75, 3.05) is 13.2 Å². The van der Waals surface area contributed by atoms with E-state index in [0.717, 1.165) is 29.4 Å². The highest BCUT2D eigenvalue weighted by atomic mass is 79.9. The van der Waals surface area contributed by atoms with E-state index in [9.17, 15) is 4.39 Å². The van der Waals surface area contributed by atoms with E-state index in [2.05, 4.69) is 35.1 Å². The van der Waals surface area contributed by atoms with E-state index in [1.165, 1.54) is 6.07 Å². The molecule has 0 bridgehead atoms. The summed E-state index contributed by atoms with van der Waals surface area (Å²) in [5, 5.41) is 3.48. The third-order valence-corrected chi connectivity index (χ3v) is 4.10. The third-order valence-electron chi connectivity index (χ3n) is 3.61. The minimum atomic E-state index is -0.142. The van der Waals surface area contributed by atoms with Gasteiger partial charge in [-0.15, -0.1) is 0 Å². The molecular weight excluding hydrogens is 309 g/mol. The number of ether oxygens (including phenoxy) is 1. The minimum Gasteiger partial charge on any atom is -0.378 e. The summed E-state index contributed by atoms with van der Waals surface area (Å²) in [5.74, 6) is 0.196. The van der Waals surface area contributed by atoms with Gasteiger partial charge in [-0.25, -0.2) is 4.39 Å². The van der Waals surface area contributed by atoms with E-state index >= 15 is 0 Å². The molecule has 3 atom stereocenters. The summed E-state index contributed by atoms with van der Waals surface area (Å²) in [6, 6.07) is 5.18. The summed E-state index contributed by atoms with van der Waals surface area (Å²) in [6.07, 6.45) is 2.29. The van der Waals surface area contributed by atoms with Crippen molar-refractivity contribution < 1.29 is 9.13 Å². The fourth-order valence-corrected chi connectivity index (χ4v) is 3.04. The molecule has 0 aromatic heterocycles. The van der Waals surface area contributed by atoms with E-state index in [1.807, 2.05) is 6.07 Å². The van der Waals surface area contributed by atoms with Gasteiger partial charge in [0, 0.05) is 22.0 Å². The Bertz CT molecular complexity index is 427. The Morgan fingerprint density at radius 1 is 1.53 bits per heavy atom. The molecule has 1 aliphatic heterocycles. The molecule has 0 amide bonds. The lowest BCUT2D eigenvalue weighted by atomic mass is 9.90. The standard InChI is InChI=1S/C15H21BrFNO/c1-3-6-18-15(11-7-10(2)19-9-11)13-8-12(16)4-5-14(13)17/h4-5,8,10-11,15,18H,3,6-7,9H2,1-2H3. The highest BCUT2D eigenvalue weighted by molar-refractivity contribution is 9.10. The smallest absolute Gasteiger partial charge is 0.128 e. The maximum Gasteiger partial charge on any atom is 0.128 e. The normalized spacial score (nSPS) is 24.6. The molecule has 0 spiro atoms. The van der Waals surface area contributed by atoms with E-state index in [4.69, 9.17) is 4.74 Å². The minimum absolute atomic E-state index is 0.0300. The molecule has 1 fully saturated rings. The van der Waals surface area contributed by atoms with Crippen LogP contribution in [-0.2, 0) is 4.74 Å². The second-order valence-corrected chi connectivity index (χ2v) is 6.15. The lowest BCUT2D eigenvalue weighted by Crippen LogP contribution is -2.30. The molecular formula is C15H21BrFNO. The fraction of sp³-hybridized carbons (Fsp3) is 0.600. The van der Waals surface area contributed by atoms with Crippen LogP contribution in [0.5, 0.6) is 0 Å². The zero-order valence-corrected chi connectivity index (χ0v) is 13.0. The first-order valence-electron chi connectivity index (χ1n) is 6.91. The maximum absolute atomic E-state index is 14.1. The zero-order chi connectivity index (χ0) is 13.8. The van der Waals surface area contributed by atoms with Gasteiger partial charge in [0.1, 0.15) is 5.82 Å². The number of hydrogen-bond donors (Lipinski definition) is 1. The third kappa shape index (κ3) is 3.77. The van der Waals surface area contributed by atoms with Crippen LogP contribution in [0.15, 0.2) is 22.7 Å². The Morgan fingerprint density at radius 2 is 2.32 bits per heavy atom. The number of hydrogen-bond acceptors (Lipinski definition) is 2. The molecule has 2 rings (SSSR count). The molecule has 4 heteroatoms. The van der Waals surface area contributed by atoms with Crippen molar-refractivity contribution in [3.05, 3.63) is 34.1 Å². The molecule has 19 heavy (non-hydrogen) atoms. The molecule has 1 aromatic carbocycles. The first kappa shape index (κ1) is 14.9. The van der Waals surface area contributed by atoms with Crippen LogP contribution in [-0.4, -0.2) is 19.3 Å². The van der Waals surface area contributed by atoms with Gasteiger partial charge in [0.15, 0.2) is 0 Å². The van der Waals surface area contributed by atoms with Crippen LogP contribution in [0.3, 0.4) is 0 Å². The summed E-state index contributed by atoms with van der Waals surface area (Å²) in [7, 11) is 0. The zero-order valence-electron chi connectivity index (χ0n) is 11.5. The van der Waals surface area contributed by atoms with E-state index in [-0.39, 0.29) is 18.0 Å². The fourth-order valence-electron chi connectivity index (χ4n) is 2.67. The predicted octanol–water partition coefficient (Wildman–Crippen LogP) is 4.05. The highest BCUT2D eigenvalue weighted by Crippen LogP contribution is 2.34. The van der Waals surface area contributed by atoms with Crippen molar-refractivity contribution in [2.24, 2.45) is 5.92 Å². The molecule has 2 nitrogen and oxygen atoms in total. The average Bonchev–Trinajstić information content (AvgIpc) is 2.80. The van der Waals surface area contributed by atoms with Crippen LogP contribution in [0.2, 0.25) is 0 Å². The maximum atomic E-state index is 14.1. The van der Waals surface area contributed by atoms with Crippen LogP contribution in [0.4, 0.5) is 4.39 Å². The monoisotopic (exact) mass is 329 g/mol. The van der Waals surface area contributed by atoms with Crippen molar-refractivity contribution in [2.45, 2.75) is 38.8 Å². The largest absolute Gasteiger partial charge is 0.378 e. The molecule has 1 heterocycles. The van der Waals surface area contributed by atoms with E-state index < -0.39 is 0 Å². The SMILES string of the molecule is CCCNC(c1cc(Br)ccc1F)C1COC(C)C1. The van der Waals surface area contributed by atoms with Crippen molar-refractivity contribution in [3.8, 4) is 0 Å². The highest BCUT2D eigenvalue weighted by Gasteiger charge is 2.31. The molecule has 0 aliphatic carbocycles. The lowest BCUT2D eigenvalue weighted by Gasteiger charge is -2.25. The van der Waals surface area contributed by atoms with Crippen molar-refractivity contribution in [1.82, 2.24) is 5.32 Å². The van der Waals surface area contributed by atoms with Gasteiger partial charge in [-0.1, -0.05) is 22.9 Å². The molecule has 0 radical (unpaired) electrons. The number of rotatable bonds is 5. The lowest BCUT2D eigenvalue weighted by molar-refractivity contribution is 0.116. The van der Waals surface area contributed by atoms with Gasteiger partial charge in [-0.2, -0.15) is 0 Å². The van der Waals surface area contributed by atoms with Crippen LogP contribution < -0.4 is 5.32 Å². The average molecular weight is 330 g/mol. The van der Waals surface area contributed by atoms with E-state index in [1.54, 1.807) is 6.07 Å². The Morgan fingerprint density at radius 3 is 2.95 bits per heavy atom. The van der Waals surface area contributed by atoms with Crippen molar-refractivity contribution >= 4 is 15.9 Å². The topological polar surface area (TPSA) is 21.3 Å². The summed E-state index contributed by atoms with van der Waals surface area (Å²) in [6.45, 7) is 5.79. The Hall–Kier alpha value is -0.450. The number of halogens is 2. The molecule has 1 aliphatic rings. The Kier molecular flexibility index (Phi) is 5.37. The second-order valence-electron chi connectivity index (χ2n) is 5.24. The quantitative estimate of drug-likeness (QED) is 0.879. The van der Waals surface area contributed by atoms with Crippen LogP contribution >= 0.6 is 15.9 Å². The van der Waals surface area contributed by atoms with Crippen LogP contribution in [0.25, 0.3) is 0 Å². The molecule has 1 aromatic rings. The van der Waals surface area contributed by atoms with Crippen LogP contribution in [0, 0.1) is 11.7 Å². The van der Waals surface area contributed by atoms with Gasteiger partial charge in [0.05, 0.1) is 12.7 Å². The van der Waals surface area contributed by atoms with Gasteiger partial charge in [-0.3, -0.25) is 0 Å². The molecule has 1 saturated heterocycles. The van der Waals surface area contributed by atoms with Gasteiger partial charge in [0.2, 0.25) is 0 Å². The Balaban J connectivity index is 2.23. The van der Waals surface area contributed by atoms with Gasteiger partial charge in [-0.05, 0) is 44.5 Å². The van der Waals surface area contributed by atoms with E-state index in [0.29, 0.717) is 12.5 Å². The van der Waals surface area contributed by atoms with Gasteiger partial charge in [0.25, 0.3) is 0 Å². The summed E-state index contributed by atoms with van der Waals surface area (Å²) < 4.78 is 20.7. The first-order valence-corrected chi connectivity index (χ1v) is 7.71. The number of nitrogens with one attached hydrogen (secondary N) is 1. The summed E-state index contributed by atoms with van der Waals surface area (Å²) in [4.78, 5) is 0. The number of benzene rings is 1. The molecule has 0 saturated carbocycles.